The molecule has 182 valence electrons. The number of hydrogen-bond donors (Lipinski definition) is 1. The maximum Gasteiger partial charge on any atom is 0.336 e. The molecule has 1 heterocycles. The zero-order valence-electron chi connectivity index (χ0n) is 20.1. The van der Waals surface area contributed by atoms with Crippen molar-refractivity contribution >= 4 is 17.4 Å². The first-order valence-electron chi connectivity index (χ1n) is 11.4. The van der Waals surface area contributed by atoms with Gasteiger partial charge in [-0.3, -0.25) is 4.79 Å². The topological polar surface area (TPSA) is 73.9 Å². The average molecular weight is 486 g/mol. The van der Waals surface area contributed by atoms with E-state index >= 15 is 0 Å². The predicted molar refractivity (Wildman–Crippen MR) is 132 cm³/mol. The van der Waals surface area contributed by atoms with Crippen molar-refractivity contribution in [1.29, 1.82) is 0 Å². The smallest absolute Gasteiger partial charge is 0.336 e. The molecule has 3 aromatic carbocycles. The number of hydrogen-bond acceptors (Lipinski definition) is 6. The van der Waals surface area contributed by atoms with Crippen LogP contribution in [-0.4, -0.2) is 26.0 Å². The number of fused-ring (bicyclic) bond motifs is 2. The van der Waals surface area contributed by atoms with E-state index in [1.54, 1.807) is 49.4 Å². The van der Waals surface area contributed by atoms with E-state index in [-0.39, 0.29) is 18.2 Å². The summed E-state index contributed by atoms with van der Waals surface area (Å²) < 4.78 is 30.6. The summed E-state index contributed by atoms with van der Waals surface area (Å²) in [5.74, 6) is -0.902. The van der Waals surface area contributed by atoms with Gasteiger partial charge >= 0.3 is 5.97 Å². The number of Topliss-reactive ketones (excluding diaryl/α,β-unsaturated/α-hetero) is 1. The molecule has 5 rings (SSSR count). The molecule has 2 aliphatic rings. The Morgan fingerprint density at radius 3 is 2.42 bits per heavy atom. The Morgan fingerprint density at radius 1 is 0.972 bits per heavy atom. The number of allylic oxidation sites excluding steroid dienone is 2. The molecule has 3 aromatic rings. The molecule has 0 bridgehead atoms. The molecule has 6 nitrogen and oxygen atoms in total. The van der Waals surface area contributed by atoms with Crippen molar-refractivity contribution in [3.8, 4) is 11.5 Å². The number of ether oxygens (including phenoxy) is 3. The molecule has 1 atom stereocenters. The van der Waals surface area contributed by atoms with Crippen LogP contribution in [0.15, 0.2) is 83.6 Å². The van der Waals surface area contributed by atoms with E-state index < -0.39 is 11.9 Å². The van der Waals surface area contributed by atoms with Crippen LogP contribution < -0.4 is 14.8 Å². The number of nitrogens with one attached hydrogen (secondary N) is 1. The van der Waals surface area contributed by atoms with Gasteiger partial charge in [-0.15, -0.1) is 0 Å². The number of carbonyl (C=O) groups excluding carboxylic acids is 2. The second kappa shape index (κ2) is 9.34. The van der Waals surface area contributed by atoms with Crippen molar-refractivity contribution in [2.24, 2.45) is 0 Å². The van der Waals surface area contributed by atoms with Gasteiger partial charge in [0.25, 0.3) is 0 Å². The number of methoxy groups -OCH3 is 2. The van der Waals surface area contributed by atoms with E-state index in [2.05, 4.69) is 5.32 Å². The van der Waals surface area contributed by atoms with Gasteiger partial charge in [0.15, 0.2) is 17.3 Å². The van der Waals surface area contributed by atoms with E-state index in [1.165, 1.54) is 20.3 Å². The second-order valence-electron chi connectivity index (χ2n) is 8.54. The Labute approximate surface area is 208 Å². The monoisotopic (exact) mass is 485 g/mol. The van der Waals surface area contributed by atoms with E-state index in [1.807, 2.05) is 18.2 Å². The maximum atomic E-state index is 14.0. The largest absolute Gasteiger partial charge is 0.493 e. The van der Waals surface area contributed by atoms with Crippen molar-refractivity contribution in [3.05, 3.63) is 112 Å². The molecule has 7 heteroatoms. The lowest BCUT2D eigenvalue weighted by atomic mass is 9.79. The van der Waals surface area contributed by atoms with Crippen molar-refractivity contribution in [1.82, 2.24) is 5.32 Å². The number of dihydropyridines is 1. The minimum atomic E-state index is -0.678. The highest BCUT2D eigenvalue weighted by molar-refractivity contribution is 6.23. The third-order valence-corrected chi connectivity index (χ3v) is 6.52. The molecule has 0 saturated carbocycles. The predicted octanol–water partition coefficient (Wildman–Crippen LogP) is 5.15. The molecular weight excluding hydrogens is 461 g/mol. The van der Waals surface area contributed by atoms with Gasteiger partial charge in [0, 0.05) is 33.9 Å². The van der Waals surface area contributed by atoms with E-state index in [4.69, 9.17) is 14.2 Å². The van der Waals surface area contributed by atoms with Crippen molar-refractivity contribution in [2.75, 3.05) is 14.2 Å². The fraction of sp³-hybridized carbons (Fsp3) is 0.172. The van der Waals surface area contributed by atoms with Gasteiger partial charge in [-0.25, -0.2) is 9.18 Å². The normalized spacial score (nSPS) is 16.3. The summed E-state index contributed by atoms with van der Waals surface area (Å²) in [6, 6.07) is 19.0. The summed E-state index contributed by atoms with van der Waals surface area (Å²) in [7, 11) is 2.82. The summed E-state index contributed by atoms with van der Waals surface area (Å²) in [6.07, 6.45) is 0. The summed E-state index contributed by atoms with van der Waals surface area (Å²) in [5.41, 5.74) is 4.57. The molecule has 0 aromatic heterocycles. The lowest BCUT2D eigenvalue weighted by Crippen LogP contribution is -2.29. The van der Waals surface area contributed by atoms with Crippen LogP contribution in [0.4, 0.5) is 4.39 Å². The third kappa shape index (κ3) is 3.82. The molecule has 0 radical (unpaired) electrons. The number of ketones is 1. The molecule has 0 fully saturated rings. The minimum Gasteiger partial charge on any atom is -0.493 e. The SMILES string of the molecule is COC(=O)C1=C(C)NC2=C(C(=O)c3ccccc32)C1c1ccc(OCc2ccccc2F)c(OC)c1. The fourth-order valence-corrected chi connectivity index (χ4v) is 4.80. The fourth-order valence-electron chi connectivity index (χ4n) is 4.80. The van der Waals surface area contributed by atoms with Crippen LogP contribution in [0.1, 0.15) is 39.9 Å². The summed E-state index contributed by atoms with van der Waals surface area (Å²) in [6.45, 7) is 1.81. The molecule has 1 aliphatic carbocycles. The molecule has 36 heavy (non-hydrogen) atoms. The van der Waals surface area contributed by atoms with Crippen LogP contribution in [0, 0.1) is 5.82 Å². The van der Waals surface area contributed by atoms with Gasteiger partial charge in [0.2, 0.25) is 0 Å². The number of esters is 1. The first kappa shape index (κ1) is 23.4. The molecular formula is C29H24FNO5. The highest BCUT2D eigenvalue weighted by atomic mass is 19.1. The number of halogens is 1. The molecule has 0 spiro atoms. The molecule has 1 aliphatic heterocycles. The zero-order chi connectivity index (χ0) is 25.4. The lowest BCUT2D eigenvalue weighted by Gasteiger charge is -2.29. The van der Waals surface area contributed by atoms with Gasteiger partial charge in [-0.05, 0) is 30.7 Å². The Morgan fingerprint density at radius 2 is 1.69 bits per heavy atom. The number of benzene rings is 3. The molecule has 1 N–H and O–H groups in total. The first-order chi connectivity index (χ1) is 17.4. The Balaban J connectivity index is 1.57. The maximum absolute atomic E-state index is 14.0. The quantitative estimate of drug-likeness (QED) is 0.487. The van der Waals surface area contributed by atoms with Gasteiger partial charge < -0.3 is 19.5 Å². The van der Waals surface area contributed by atoms with Gasteiger partial charge in [-0.2, -0.15) is 0 Å². The summed E-state index contributed by atoms with van der Waals surface area (Å²) in [4.78, 5) is 26.4. The molecule has 0 amide bonds. The average Bonchev–Trinajstić information content (AvgIpc) is 3.18. The Hall–Kier alpha value is -4.39. The molecule has 0 saturated heterocycles. The highest BCUT2D eigenvalue weighted by Crippen LogP contribution is 2.47. The number of rotatable bonds is 6. The van der Waals surface area contributed by atoms with Gasteiger partial charge in [-0.1, -0.05) is 48.5 Å². The highest BCUT2D eigenvalue weighted by Gasteiger charge is 2.43. The van der Waals surface area contributed by atoms with E-state index in [0.29, 0.717) is 50.7 Å². The minimum absolute atomic E-state index is 0.0191. The Kier molecular flexibility index (Phi) is 6.06. The lowest BCUT2D eigenvalue weighted by molar-refractivity contribution is -0.136. The summed E-state index contributed by atoms with van der Waals surface area (Å²) in [5, 5.41) is 3.26. The van der Waals surface area contributed by atoms with Gasteiger partial charge in [0.1, 0.15) is 12.4 Å². The van der Waals surface area contributed by atoms with Crippen LogP contribution in [0.2, 0.25) is 0 Å². The van der Waals surface area contributed by atoms with Crippen LogP contribution in [0.3, 0.4) is 0 Å². The zero-order valence-corrected chi connectivity index (χ0v) is 20.1. The van der Waals surface area contributed by atoms with Crippen LogP contribution in [0.5, 0.6) is 11.5 Å². The number of carbonyl (C=O) groups is 2. The van der Waals surface area contributed by atoms with Crippen molar-refractivity contribution in [2.45, 2.75) is 19.4 Å². The standard InChI is InChI=1S/C29H24FNO5/c1-16-24(29(33)35-3)25(26-27(31-16)19-9-5-6-10-20(19)28(26)32)17-12-13-22(23(14-17)34-2)36-15-18-8-4-7-11-21(18)30/h4-14,25,31H,15H2,1-3H3. The van der Waals surface area contributed by atoms with Crippen LogP contribution in [-0.2, 0) is 16.1 Å². The van der Waals surface area contributed by atoms with Crippen molar-refractivity contribution < 1.29 is 28.2 Å². The van der Waals surface area contributed by atoms with Crippen molar-refractivity contribution in [3.63, 3.8) is 0 Å². The Bertz CT molecular complexity index is 1460. The van der Waals surface area contributed by atoms with Crippen LogP contribution >= 0.6 is 0 Å². The van der Waals surface area contributed by atoms with E-state index in [0.717, 1.165) is 5.56 Å². The molecule has 1 unspecified atom stereocenters. The van der Waals surface area contributed by atoms with Crippen LogP contribution in [0.25, 0.3) is 5.70 Å². The third-order valence-electron chi connectivity index (χ3n) is 6.52. The van der Waals surface area contributed by atoms with Gasteiger partial charge in [0.05, 0.1) is 25.5 Å². The first-order valence-corrected chi connectivity index (χ1v) is 11.4. The van der Waals surface area contributed by atoms with E-state index in [9.17, 15) is 14.0 Å². The summed E-state index contributed by atoms with van der Waals surface area (Å²) >= 11 is 0. The second-order valence-corrected chi connectivity index (χ2v) is 8.54.